The zero-order chi connectivity index (χ0) is 12.6. The van der Waals surface area contributed by atoms with Crippen LogP contribution in [0, 0.1) is 27.7 Å². The van der Waals surface area contributed by atoms with Gasteiger partial charge < -0.3 is 5.73 Å². The summed E-state index contributed by atoms with van der Waals surface area (Å²) < 4.78 is 0. The SMILES string of the molecule is Cc1cc(C)c(C)c(C(N)c2cn[nH]c2)c1C. The summed E-state index contributed by atoms with van der Waals surface area (Å²) in [6, 6.07) is 2.11. The Balaban J connectivity index is 2.59. The van der Waals surface area contributed by atoms with E-state index in [0.717, 1.165) is 5.56 Å². The zero-order valence-corrected chi connectivity index (χ0v) is 10.8. The minimum atomic E-state index is -0.104. The largest absolute Gasteiger partial charge is 0.320 e. The number of rotatable bonds is 2. The average Bonchev–Trinajstić information content (AvgIpc) is 2.80. The van der Waals surface area contributed by atoms with Crippen LogP contribution in [-0.2, 0) is 0 Å². The van der Waals surface area contributed by atoms with E-state index >= 15 is 0 Å². The predicted molar refractivity (Wildman–Crippen MR) is 70.0 cm³/mol. The number of hydrogen-bond acceptors (Lipinski definition) is 2. The summed E-state index contributed by atoms with van der Waals surface area (Å²) in [5.41, 5.74) is 13.7. The molecule has 0 amide bonds. The lowest BCUT2D eigenvalue weighted by molar-refractivity contribution is 0.846. The molecule has 0 aliphatic heterocycles. The maximum atomic E-state index is 6.34. The van der Waals surface area contributed by atoms with Crippen molar-refractivity contribution >= 4 is 0 Å². The van der Waals surface area contributed by atoms with Gasteiger partial charge in [-0.2, -0.15) is 5.10 Å². The molecular formula is C14H19N3. The molecule has 0 bridgehead atoms. The van der Waals surface area contributed by atoms with Gasteiger partial charge in [0.25, 0.3) is 0 Å². The van der Waals surface area contributed by atoms with Crippen molar-refractivity contribution in [2.45, 2.75) is 33.7 Å². The average molecular weight is 229 g/mol. The summed E-state index contributed by atoms with van der Waals surface area (Å²) in [4.78, 5) is 0. The number of hydrogen-bond donors (Lipinski definition) is 2. The molecule has 0 spiro atoms. The molecule has 0 saturated carbocycles. The fraction of sp³-hybridized carbons (Fsp3) is 0.357. The van der Waals surface area contributed by atoms with Crippen LogP contribution in [0.2, 0.25) is 0 Å². The molecule has 1 aromatic heterocycles. The van der Waals surface area contributed by atoms with Gasteiger partial charge in [0.05, 0.1) is 12.2 Å². The van der Waals surface area contributed by atoms with Gasteiger partial charge in [-0.25, -0.2) is 0 Å². The Hall–Kier alpha value is -1.61. The van der Waals surface area contributed by atoms with Gasteiger partial charge in [0.15, 0.2) is 0 Å². The number of benzene rings is 1. The fourth-order valence-electron chi connectivity index (χ4n) is 2.31. The standard InChI is InChI=1S/C14H19N3/c1-8-5-9(2)11(4)13(10(8)3)14(15)12-6-16-17-7-12/h5-7,14H,15H2,1-4H3,(H,16,17). The minimum Gasteiger partial charge on any atom is -0.320 e. The normalized spacial score (nSPS) is 12.8. The highest BCUT2D eigenvalue weighted by Gasteiger charge is 2.17. The quantitative estimate of drug-likeness (QED) is 0.832. The third kappa shape index (κ3) is 1.98. The molecule has 0 aliphatic carbocycles. The van der Waals surface area contributed by atoms with Crippen molar-refractivity contribution in [3.8, 4) is 0 Å². The maximum Gasteiger partial charge on any atom is 0.0588 e. The highest BCUT2D eigenvalue weighted by molar-refractivity contribution is 5.48. The lowest BCUT2D eigenvalue weighted by Gasteiger charge is -2.20. The molecule has 1 unspecified atom stereocenters. The Labute approximate surface area is 102 Å². The topological polar surface area (TPSA) is 54.7 Å². The van der Waals surface area contributed by atoms with Crippen molar-refractivity contribution < 1.29 is 0 Å². The number of aryl methyl sites for hydroxylation is 2. The van der Waals surface area contributed by atoms with Crippen LogP contribution in [0.3, 0.4) is 0 Å². The first-order valence-electron chi connectivity index (χ1n) is 5.84. The van der Waals surface area contributed by atoms with Crippen LogP contribution in [0.1, 0.15) is 39.4 Å². The van der Waals surface area contributed by atoms with Crippen molar-refractivity contribution in [3.05, 3.63) is 51.8 Å². The molecule has 0 fully saturated rings. The first-order chi connectivity index (χ1) is 8.02. The Bertz CT molecular complexity index is 501. The van der Waals surface area contributed by atoms with Crippen LogP contribution in [-0.4, -0.2) is 10.2 Å². The molecule has 3 N–H and O–H groups in total. The van der Waals surface area contributed by atoms with Gasteiger partial charge in [0.1, 0.15) is 0 Å². The van der Waals surface area contributed by atoms with E-state index < -0.39 is 0 Å². The third-order valence-corrected chi connectivity index (χ3v) is 3.61. The second kappa shape index (κ2) is 4.34. The van der Waals surface area contributed by atoms with E-state index in [1.54, 1.807) is 6.20 Å². The van der Waals surface area contributed by atoms with Crippen LogP contribution in [0.4, 0.5) is 0 Å². The number of nitrogens with zero attached hydrogens (tertiary/aromatic N) is 1. The van der Waals surface area contributed by atoms with Crippen LogP contribution >= 0.6 is 0 Å². The molecule has 0 radical (unpaired) electrons. The summed E-state index contributed by atoms with van der Waals surface area (Å²) in [7, 11) is 0. The number of H-pyrrole nitrogens is 1. The van der Waals surface area contributed by atoms with Gasteiger partial charge in [-0.1, -0.05) is 6.07 Å². The molecule has 3 nitrogen and oxygen atoms in total. The van der Waals surface area contributed by atoms with E-state index in [9.17, 15) is 0 Å². The summed E-state index contributed by atoms with van der Waals surface area (Å²) in [5.74, 6) is 0. The number of aromatic amines is 1. The molecule has 2 aromatic rings. The van der Waals surface area contributed by atoms with Gasteiger partial charge in [0.2, 0.25) is 0 Å². The van der Waals surface area contributed by atoms with E-state index in [4.69, 9.17) is 5.73 Å². The highest BCUT2D eigenvalue weighted by Crippen LogP contribution is 2.29. The molecule has 0 saturated heterocycles. The smallest absolute Gasteiger partial charge is 0.0588 e. The monoisotopic (exact) mass is 229 g/mol. The molecule has 90 valence electrons. The summed E-state index contributed by atoms with van der Waals surface area (Å²) >= 11 is 0. The first kappa shape index (κ1) is 11.9. The Morgan fingerprint density at radius 1 is 1.12 bits per heavy atom. The number of nitrogens with two attached hydrogens (primary N) is 1. The lowest BCUT2D eigenvalue weighted by Crippen LogP contribution is -2.15. The minimum absolute atomic E-state index is 0.104. The van der Waals surface area contributed by atoms with E-state index in [-0.39, 0.29) is 6.04 Å². The van der Waals surface area contributed by atoms with Crippen molar-refractivity contribution in [2.75, 3.05) is 0 Å². The molecule has 0 aliphatic rings. The molecule has 2 rings (SSSR count). The van der Waals surface area contributed by atoms with Crippen molar-refractivity contribution in [1.29, 1.82) is 0 Å². The molecular weight excluding hydrogens is 210 g/mol. The van der Waals surface area contributed by atoms with Crippen molar-refractivity contribution in [2.24, 2.45) is 5.73 Å². The van der Waals surface area contributed by atoms with Crippen molar-refractivity contribution in [1.82, 2.24) is 10.2 Å². The van der Waals surface area contributed by atoms with Crippen LogP contribution in [0.5, 0.6) is 0 Å². The Kier molecular flexibility index (Phi) is 3.03. The molecule has 1 aromatic carbocycles. The van der Waals surface area contributed by atoms with Gasteiger partial charge >= 0.3 is 0 Å². The molecule has 17 heavy (non-hydrogen) atoms. The van der Waals surface area contributed by atoms with E-state index in [0.29, 0.717) is 0 Å². The van der Waals surface area contributed by atoms with E-state index in [2.05, 4.69) is 44.0 Å². The van der Waals surface area contributed by atoms with Crippen LogP contribution in [0.15, 0.2) is 18.5 Å². The van der Waals surface area contributed by atoms with Gasteiger partial charge in [-0.05, 0) is 55.5 Å². The summed E-state index contributed by atoms with van der Waals surface area (Å²) in [5, 5.41) is 6.79. The molecule has 1 heterocycles. The van der Waals surface area contributed by atoms with Crippen LogP contribution < -0.4 is 5.73 Å². The Morgan fingerprint density at radius 3 is 2.18 bits per heavy atom. The lowest BCUT2D eigenvalue weighted by atomic mass is 9.88. The highest BCUT2D eigenvalue weighted by atomic mass is 15.1. The van der Waals surface area contributed by atoms with Crippen molar-refractivity contribution in [3.63, 3.8) is 0 Å². The summed E-state index contributed by atoms with van der Waals surface area (Å²) in [6.45, 7) is 8.54. The molecule has 3 heteroatoms. The maximum absolute atomic E-state index is 6.34. The second-order valence-corrected chi connectivity index (χ2v) is 4.68. The summed E-state index contributed by atoms with van der Waals surface area (Å²) in [6.07, 6.45) is 3.66. The van der Waals surface area contributed by atoms with E-state index in [1.807, 2.05) is 6.20 Å². The van der Waals surface area contributed by atoms with E-state index in [1.165, 1.54) is 27.8 Å². The fourth-order valence-corrected chi connectivity index (χ4v) is 2.31. The van der Waals surface area contributed by atoms with Gasteiger partial charge in [-0.3, -0.25) is 5.10 Å². The van der Waals surface area contributed by atoms with Gasteiger partial charge in [0, 0.05) is 11.8 Å². The second-order valence-electron chi connectivity index (χ2n) is 4.68. The number of nitrogens with one attached hydrogen (secondary N) is 1. The zero-order valence-electron chi connectivity index (χ0n) is 10.8. The first-order valence-corrected chi connectivity index (χ1v) is 5.84. The predicted octanol–water partition coefficient (Wildman–Crippen LogP) is 2.69. The van der Waals surface area contributed by atoms with Crippen LogP contribution in [0.25, 0.3) is 0 Å². The number of aromatic nitrogens is 2. The molecule has 1 atom stereocenters. The Morgan fingerprint density at radius 2 is 1.71 bits per heavy atom. The van der Waals surface area contributed by atoms with Gasteiger partial charge in [-0.15, -0.1) is 0 Å². The third-order valence-electron chi connectivity index (χ3n) is 3.61.